The van der Waals surface area contributed by atoms with E-state index in [2.05, 4.69) is 0 Å². The van der Waals surface area contributed by atoms with Crippen LogP contribution in [0.15, 0.2) is 24.3 Å². The van der Waals surface area contributed by atoms with Gasteiger partial charge in [0.05, 0.1) is 0 Å². The summed E-state index contributed by atoms with van der Waals surface area (Å²) in [6, 6.07) is 7.15. The number of hydrogen-bond acceptors (Lipinski definition) is 4. The van der Waals surface area contributed by atoms with Gasteiger partial charge in [-0.25, -0.2) is 0 Å². The standard InChI is InChI=1S/C7H8O.BH3O3/c1-6-3-2-4-7(8)5-6;2-1(3)4/h2-5,8H,1H3;2-4H. The van der Waals surface area contributed by atoms with Gasteiger partial charge in [-0.3, -0.25) is 0 Å². The third-order valence-electron chi connectivity index (χ3n) is 1.00. The molecule has 1 aromatic carbocycles. The van der Waals surface area contributed by atoms with Crippen LogP contribution < -0.4 is 0 Å². The van der Waals surface area contributed by atoms with Gasteiger partial charge in [0.2, 0.25) is 0 Å². The van der Waals surface area contributed by atoms with Crippen LogP contribution in [0.1, 0.15) is 5.56 Å². The molecule has 0 aromatic heterocycles. The Morgan fingerprint density at radius 3 is 1.92 bits per heavy atom. The first-order valence-electron chi connectivity index (χ1n) is 3.32. The maximum Gasteiger partial charge on any atom is 0.631 e. The molecule has 0 fully saturated rings. The minimum atomic E-state index is -2.17. The van der Waals surface area contributed by atoms with Gasteiger partial charge in [-0.05, 0) is 24.6 Å². The molecule has 0 aliphatic heterocycles. The molecule has 0 heterocycles. The summed E-state index contributed by atoms with van der Waals surface area (Å²) in [5.74, 6) is 0.338. The van der Waals surface area contributed by atoms with Crippen LogP contribution in [-0.4, -0.2) is 27.5 Å². The Bertz CT molecular complexity index is 206. The summed E-state index contributed by atoms with van der Waals surface area (Å²) in [6.45, 7) is 1.94. The molecule has 0 bridgehead atoms. The molecule has 4 N–H and O–H groups in total. The van der Waals surface area contributed by atoms with E-state index in [0.29, 0.717) is 5.75 Å². The molecule has 0 radical (unpaired) electrons. The lowest BCUT2D eigenvalue weighted by molar-refractivity contribution is 0.278. The molecule has 4 nitrogen and oxygen atoms in total. The number of hydrogen-bond donors (Lipinski definition) is 4. The highest BCUT2D eigenvalue weighted by Gasteiger charge is 1.92. The molecule has 0 spiro atoms. The van der Waals surface area contributed by atoms with Crippen molar-refractivity contribution < 1.29 is 20.2 Å². The molecule has 0 aliphatic carbocycles. The second kappa shape index (κ2) is 5.59. The maximum atomic E-state index is 8.81. The SMILES string of the molecule is Cc1cccc(O)c1.OB(O)O. The third-order valence-corrected chi connectivity index (χ3v) is 1.00. The lowest BCUT2D eigenvalue weighted by Gasteiger charge is -1.89. The largest absolute Gasteiger partial charge is 0.631 e. The first kappa shape index (κ1) is 11.0. The van der Waals surface area contributed by atoms with Crippen molar-refractivity contribution in [2.24, 2.45) is 0 Å². The van der Waals surface area contributed by atoms with Gasteiger partial charge in [0, 0.05) is 0 Å². The highest BCUT2D eigenvalue weighted by Crippen LogP contribution is 2.08. The van der Waals surface area contributed by atoms with Crippen LogP contribution in [0, 0.1) is 6.92 Å². The van der Waals surface area contributed by atoms with Crippen LogP contribution in [0.5, 0.6) is 5.75 Å². The first-order chi connectivity index (χ1) is 5.52. The number of aryl methyl sites for hydroxylation is 1. The van der Waals surface area contributed by atoms with Crippen molar-refractivity contribution in [2.75, 3.05) is 0 Å². The topological polar surface area (TPSA) is 80.9 Å². The van der Waals surface area contributed by atoms with E-state index in [-0.39, 0.29) is 0 Å². The van der Waals surface area contributed by atoms with Gasteiger partial charge in [-0.1, -0.05) is 12.1 Å². The summed E-state index contributed by atoms with van der Waals surface area (Å²) in [5.41, 5.74) is 1.09. The van der Waals surface area contributed by atoms with Crippen molar-refractivity contribution in [1.82, 2.24) is 0 Å². The quantitative estimate of drug-likeness (QED) is 0.401. The summed E-state index contributed by atoms with van der Waals surface area (Å²) in [4.78, 5) is 0. The Morgan fingerprint density at radius 1 is 1.17 bits per heavy atom. The number of phenolic OH excluding ortho intramolecular Hbond substituents is 1. The van der Waals surface area contributed by atoms with Crippen LogP contribution >= 0.6 is 0 Å². The smallest absolute Gasteiger partial charge is 0.508 e. The number of rotatable bonds is 0. The second-order valence-electron chi connectivity index (χ2n) is 2.19. The Morgan fingerprint density at radius 2 is 1.67 bits per heavy atom. The third kappa shape index (κ3) is 7.08. The number of aromatic hydroxyl groups is 1. The minimum absolute atomic E-state index is 0.338. The van der Waals surface area contributed by atoms with E-state index in [4.69, 9.17) is 20.2 Å². The van der Waals surface area contributed by atoms with Gasteiger partial charge in [-0.2, -0.15) is 0 Å². The normalized spacial score (nSPS) is 8.33. The number of benzene rings is 1. The molecule has 12 heavy (non-hydrogen) atoms. The zero-order chi connectivity index (χ0) is 9.56. The summed E-state index contributed by atoms with van der Waals surface area (Å²) in [7, 11) is -2.17. The van der Waals surface area contributed by atoms with E-state index in [0.717, 1.165) is 5.56 Å². The minimum Gasteiger partial charge on any atom is -0.508 e. The van der Waals surface area contributed by atoms with Crippen LogP contribution in [0.25, 0.3) is 0 Å². The Kier molecular flexibility index (Phi) is 5.11. The average Bonchev–Trinajstić information content (AvgIpc) is 1.84. The van der Waals surface area contributed by atoms with Crippen molar-refractivity contribution in [3.63, 3.8) is 0 Å². The summed E-state index contributed by atoms with van der Waals surface area (Å²) in [5, 5.41) is 30.3. The fourth-order valence-corrected chi connectivity index (χ4v) is 0.628. The van der Waals surface area contributed by atoms with Crippen molar-refractivity contribution in [2.45, 2.75) is 6.92 Å². The maximum absolute atomic E-state index is 8.81. The van der Waals surface area contributed by atoms with Gasteiger partial charge < -0.3 is 20.2 Å². The summed E-state index contributed by atoms with van der Waals surface area (Å²) in [6.07, 6.45) is 0. The molecule has 0 atom stereocenters. The van der Waals surface area contributed by atoms with Gasteiger partial charge in [0.1, 0.15) is 5.75 Å². The van der Waals surface area contributed by atoms with Crippen molar-refractivity contribution >= 4 is 7.32 Å². The molecule has 1 aromatic rings. The molecule has 5 heteroatoms. The lowest BCUT2D eigenvalue weighted by Crippen LogP contribution is -2.07. The average molecular weight is 170 g/mol. The van der Waals surface area contributed by atoms with Crippen LogP contribution in [0.2, 0.25) is 0 Å². The van der Waals surface area contributed by atoms with Gasteiger partial charge >= 0.3 is 7.32 Å². The molecule has 0 saturated carbocycles. The van der Waals surface area contributed by atoms with E-state index in [1.165, 1.54) is 0 Å². The van der Waals surface area contributed by atoms with E-state index in [1.54, 1.807) is 12.1 Å². The Labute approximate surface area is 70.9 Å². The molecule has 0 saturated heterocycles. The monoisotopic (exact) mass is 170 g/mol. The van der Waals surface area contributed by atoms with Gasteiger partial charge in [0.25, 0.3) is 0 Å². The van der Waals surface area contributed by atoms with Crippen LogP contribution in [0.4, 0.5) is 0 Å². The summed E-state index contributed by atoms with van der Waals surface area (Å²) >= 11 is 0. The highest BCUT2D eigenvalue weighted by molar-refractivity contribution is 6.30. The second-order valence-corrected chi connectivity index (χ2v) is 2.19. The zero-order valence-corrected chi connectivity index (χ0v) is 6.68. The van der Waals surface area contributed by atoms with E-state index in [9.17, 15) is 0 Å². The summed E-state index contributed by atoms with van der Waals surface area (Å²) < 4.78 is 0. The predicted octanol–water partition coefficient (Wildman–Crippen LogP) is -0.351. The highest BCUT2D eigenvalue weighted by atomic mass is 16.5. The molecular weight excluding hydrogens is 159 g/mol. The molecule has 1 rings (SSSR count). The van der Waals surface area contributed by atoms with E-state index < -0.39 is 7.32 Å². The molecular formula is C7H11BO4. The lowest BCUT2D eigenvalue weighted by atomic mass is 10.2. The fourth-order valence-electron chi connectivity index (χ4n) is 0.628. The van der Waals surface area contributed by atoms with Crippen molar-refractivity contribution in [3.8, 4) is 5.75 Å². The molecule has 66 valence electrons. The molecule has 0 aliphatic rings. The Balaban J connectivity index is 0.000000261. The van der Waals surface area contributed by atoms with E-state index in [1.807, 2.05) is 19.1 Å². The Hall–Kier alpha value is -1.04. The number of phenols is 1. The van der Waals surface area contributed by atoms with E-state index >= 15 is 0 Å². The molecule has 0 amide bonds. The van der Waals surface area contributed by atoms with Crippen LogP contribution in [-0.2, 0) is 0 Å². The zero-order valence-electron chi connectivity index (χ0n) is 6.68. The fraction of sp³-hybridized carbons (Fsp3) is 0.143. The van der Waals surface area contributed by atoms with Crippen LogP contribution in [0.3, 0.4) is 0 Å². The first-order valence-corrected chi connectivity index (χ1v) is 3.32. The van der Waals surface area contributed by atoms with Gasteiger partial charge in [-0.15, -0.1) is 0 Å². The van der Waals surface area contributed by atoms with Crippen molar-refractivity contribution in [3.05, 3.63) is 29.8 Å². The van der Waals surface area contributed by atoms with Crippen molar-refractivity contribution in [1.29, 1.82) is 0 Å². The predicted molar refractivity (Wildman–Crippen MR) is 45.3 cm³/mol. The molecule has 0 unspecified atom stereocenters. The van der Waals surface area contributed by atoms with Gasteiger partial charge in [0.15, 0.2) is 0 Å².